The molecular formula is C14H19N4O2P. The van der Waals surface area contributed by atoms with E-state index in [1.807, 2.05) is 13.0 Å². The van der Waals surface area contributed by atoms with E-state index in [4.69, 9.17) is 0 Å². The van der Waals surface area contributed by atoms with E-state index in [0.29, 0.717) is 31.7 Å². The summed E-state index contributed by atoms with van der Waals surface area (Å²) in [6.45, 7) is 7.43. The van der Waals surface area contributed by atoms with Gasteiger partial charge in [0.25, 0.3) is 0 Å². The maximum atomic E-state index is 11.7. The van der Waals surface area contributed by atoms with Crippen LogP contribution in [0.25, 0.3) is 0 Å². The largest absolute Gasteiger partial charge is 0.349 e. The first-order valence-electron chi connectivity index (χ1n) is 6.70. The van der Waals surface area contributed by atoms with Gasteiger partial charge in [0, 0.05) is 31.9 Å². The molecule has 0 aromatic carbocycles. The van der Waals surface area contributed by atoms with Crippen molar-refractivity contribution in [2.45, 2.75) is 13.0 Å². The van der Waals surface area contributed by atoms with E-state index in [1.54, 1.807) is 11.1 Å². The molecule has 1 N–H and O–H groups in total. The third-order valence-corrected chi connectivity index (χ3v) is 3.80. The second-order valence-electron chi connectivity index (χ2n) is 4.93. The van der Waals surface area contributed by atoms with Gasteiger partial charge in [-0.05, 0) is 24.4 Å². The molecule has 2 rings (SSSR count). The summed E-state index contributed by atoms with van der Waals surface area (Å²) in [5.41, 5.74) is 0.674. The summed E-state index contributed by atoms with van der Waals surface area (Å²) in [6.07, 6.45) is 3.72. The fraction of sp³-hybridized carbons (Fsp3) is 0.357. The van der Waals surface area contributed by atoms with Crippen LogP contribution in [0.1, 0.15) is 6.92 Å². The first-order valence-corrected chi connectivity index (χ1v) is 7.28. The molecule has 0 radical (unpaired) electrons. The summed E-state index contributed by atoms with van der Waals surface area (Å²) in [4.78, 5) is 30.7. The highest BCUT2D eigenvalue weighted by Gasteiger charge is 2.27. The summed E-state index contributed by atoms with van der Waals surface area (Å²) in [5.74, 6) is 0.674. The van der Waals surface area contributed by atoms with Crippen LogP contribution in [-0.4, -0.2) is 47.9 Å². The highest BCUT2D eigenvalue weighted by atomic mass is 31.0. The molecular weight excluding hydrogens is 287 g/mol. The molecule has 2 amide bonds. The number of nitrogens with zero attached hydrogens (tertiary/aromatic N) is 3. The van der Waals surface area contributed by atoms with Gasteiger partial charge in [0.2, 0.25) is 12.3 Å². The lowest BCUT2D eigenvalue weighted by atomic mass is 10.1. The molecule has 7 heteroatoms. The quantitative estimate of drug-likeness (QED) is 0.496. The zero-order chi connectivity index (χ0) is 15.4. The summed E-state index contributed by atoms with van der Waals surface area (Å²) in [6, 6.07) is 1.97. The van der Waals surface area contributed by atoms with E-state index < -0.39 is 0 Å². The Hall–Kier alpha value is -1.94. The monoisotopic (exact) mass is 306 g/mol. The Morgan fingerprint density at radius 1 is 1.57 bits per heavy atom. The second-order valence-corrected chi connectivity index (χ2v) is 5.60. The molecule has 1 aliphatic heterocycles. The molecule has 1 aliphatic rings. The number of hydrogen-bond acceptors (Lipinski definition) is 4. The van der Waals surface area contributed by atoms with Gasteiger partial charge in [-0.25, -0.2) is 4.98 Å². The van der Waals surface area contributed by atoms with Crippen LogP contribution in [0.15, 0.2) is 24.9 Å². The normalized spacial score (nSPS) is 18.3. The molecule has 1 aromatic rings. The average Bonchev–Trinajstić information content (AvgIpc) is 2.47. The Kier molecular flexibility index (Phi) is 4.91. The molecule has 2 heterocycles. The van der Waals surface area contributed by atoms with Crippen LogP contribution in [0.5, 0.6) is 0 Å². The lowest BCUT2D eigenvalue weighted by molar-refractivity contribution is -0.126. The fourth-order valence-corrected chi connectivity index (χ4v) is 2.72. The van der Waals surface area contributed by atoms with Crippen LogP contribution in [-0.2, 0) is 9.59 Å². The van der Waals surface area contributed by atoms with E-state index >= 15 is 0 Å². The molecule has 0 spiro atoms. The summed E-state index contributed by atoms with van der Waals surface area (Å²) >= 11 is 0. The summed E-state index contributed by atoms with van der Waals surface area (Å²) < 4.78 is 0. The number of pyridine rings is 1. The van der Waals surface area contributed by atoms with E-state index in [0.717, 1.165) is 11.1 Å². The molecule has 1 aromatic heterocycles. The molecule has 0 bridgehead atoms. The van der Waals surface area contributed by atoms with Gasteiger partial charge in [0.15, 0.2) is 5.82 Å². The topological polar surface area (TPSA) is 65.5 Å². The number of carbonyl (C=O) groups is 2. The van der Waals surface area contributed by atoms with Crippen LogP contribution in [0.3, 0.4) is 0 Å². The molecule has 112 valence electrons. The van der Waals surface area contributed by atoms with Gasteiger partial charge < -0.3 is 15.1 Å². The number of anilines is 2. The minimum atomic E-state index is -0.0546. The van der Waals surface area contributed by atoms with Crippen molar-refractivity contribution in [3.63, 3.8) is 0 Å². The van der Waals surface area contributed by atoms with Gasteiger partial charge >= 0.3 is 0 Å². The zero-order valence-electron chi connectivity index (χ0n) is 12.0. The van der Waals surface area contributed by atoms with Crippen LogP contribution in [0, 0.1) is 0 Å². The van der Waals surface area contributed by atoms with Crippen molar-refractivity contribution < 1.29 is 9.59 Å². The highest BCUT2D eigenvalue weighted by Crippen LogP contribution is 2.26. The van der Waals surface area contributed by atoms with Crippen molar-refractivity contribution in [2.75, 3.05) is 29.9 Å². The van der Waals surface area contributed by atoms with Crippen molar-refractivity contribution in [3.8, 4) is 0 Å². The third-order valence-electron chi connectivity index (χ3n) is 3.49. The Labute approximate surface area is 126 Å². The van der Waals surface area contributed by atoms with Crippen LogP contribution < -0.4 is 15.5 Å². The minimum Gasteiger partial charge on any atom is -0.349 e. The van der Waals surface area contributed by atoms with Gasteiger partial charge in [-0.2, -0.15) is 0 Å². The molecule has 6 nitrogen and oxygen atoms in total. The average molecular weight is 306 g/mol. The van der Waals surface area contributed by atoms with E-state index in [1.165, 1.54) is 6.08 Å². The van der Waals surface area contributed by atoms with Crippen molar-refractivity contribution >= 4 is 38.4 Å². The van der Waals surface area contributed by atoms with Gasteiger partial charge in [-0.3, -0.25) is 9.59 Å². The Morgan fingerprint density at radius 3 is 2.95 bits per heavy atom. The number of amides is 2. The number of hydrogen-bond donors (Lipinski definition) is 1. The van der Waals surface area contributed by atoms with Gasteiger partial charge in [0.05, 0.1) is 5.69 Å². The first kappa shape index (κ1) is 15.4. The Bertz CT molecular complexity index is 564. The highest BCUT2D eigenvalue weighted by molar-refractivity contribution is 7.27. The SMILES string of the molecule is C=CC(=O)N1CCN(c2ncc(P)cc2NC=O)[C@H](C)C1. The molecule has 2 atom stereocenters. The first-order chi connectivity index (χ1) is 10.1. The number of nitrogens with one attached hydrogen (secondary N) is 1. The van der Waals surface area contributed by atoms with Crippen LogP contribution >= 0.6 is 9.24 Å². The predicted molar refractivity (Wildman–Crippen MR) is 86.9 cm³/mol. The van der Waals surface area contributed by atoms with Crippen LogP contribution in [0.4, 0.5) is 11.5 Å². The molecule has 0 aliphatic carbocycles. The van der Waals surface area contributed by atoms with Crippen molar-refractivity contribution in [2.24, 2.45) is 0 Å². The predicted octanol–water partition coefficient (Wildman–Crippen LogP) is 0.373. The molecule has 1 unspecified atom stereocenters. The maximum Gasteiger partial charge on any atom is 0.246 e. The van der Waals surface area contributed by atoms with Crippen LogP contribution in [0.2, 0.25) is 0 Å². The van der Waals surface area contributed by atoms with E-state index in [9.17, 15) is 9.59 Å². The molecule has 0 saturated carbocycles. The number of aromatic nitrogens is 1. The lowest BCUT2D eigenvalue weighted by Gasteiger charge is -2.40. The Balaban J connectivity index is 2.21. The molecule has 1 saturated heterocycles. The fourth-order valence-electron chi connectivity index (χ4n) is 2.47. The number of carbonyl (C=O) groups excluding carboxylic acids is 2. The summed E-state index contributed by atoms with van der Waals surface area (Å²) in [5, 5.41) is 3.58. The van der Waals surface area contributed by atoms with Gasteiger partial charge in [0.1, 0.15) is 0 Å². The van der Waals surface area contributed by atoms with Crippen molar-refractivity contribution in [1.82, 2.24) is 9.88 Å². The van der Waals surface area contributed by atoms with E-state index in [2.05, 4.69) is 31.0 Å². The standard InChI is InChI=1S/C14H19N4O2P/c1-3-13(20)17-4-5-18(10(2)8-17)14-12(16-9-19)6-11(21)7-15-14/h3,6-7,9-10H,1,4-5,8,21H2,2H3,(H,16,19)/t10-/m1/s1. The van der Waals surface area contributed by atoms with Crippen molar-refractivity contribution in [3.05, 3.63) is 24.9 Å². The summed E-state index contributed by atoms with van der Waals surface area (Å²) in [7, 11) is 2.56. The smallest absolute Gasteiger partial charge is 0.246 e. The zero-order valence-corrected chi connectivity index (χ0v) is 13.1. The third kappa shape index (κ3) is 3.39. The minimum absolute atomic E-state index is 0.0546. The number of rotatable bonds is 4. The molecule has 21 heavy (non-hydrogen) atoms. The Morgan fingerprint density at radius 2 is 2.33 bits per heavy atom. The lowest BCUT2D eigenvalue weighted by Crippen LogP contribution is -2.53. The maximum absolute atomic E-state index is 11.7. The van der Waals surface area contributed by atoms with Gasteiger partial charge in [-0.15, -0.1) is 9.24 Å². The van der Waals surface area contributed by atoms with Gasteiger partial charge in [-0.1, -0.05) is 6.58 Å². The van der Waals surface area contributed by atoms with Crippen molar-refractivity contribution in [1.29, 1.82) is 0 Å². The van der Waals surface area contributed by atoms with E-state index in [-0.39, 0.29) is 11.9 Å². The molecule has 1 fully saturated rings. The second kappa shape index (κ2) is 6.68. The number of piperazine rings is 1.